The van der Waals surface area contributed by atoms with Crippen LogP contribution in [-0.2, 0) is 25.7 Å². The SMILES string of the molecule is CC1=[N+](CCCS(=O)(=O)O)c2ccc3ccc(S(=O)(=O)O)cc3c2C1(C)C. The predicted octanol–water partition coefficient (Wildman–Crippen LogP) is 2.76. The van der Waals surface area contributed by atoms with E-state index in [1.807, 2.05) is 37.5 Å². The highest BCUT2D eigenvalue weighted by atomic mass is 32.2. The zero-order chi connectivity index (χ0) is 20.2. The van der Waals surface area contributed by atoms with Gasteiger partial charge in [0, 0.05) is 25.0 Å². The topological polar surface area (TPSA) is 112 Å². The number of rotatable bonds is 5. The number of benzene rings is 2. The van der Waals surface area contributed by atoms with Crippen LogP contribution in [-0.4, -0.2) is 48.5 Å². The first-order chi connectivity index (χ1) is 12.3. The molecule has 1 heterocycles. The molecule has 2 aromatic rings. The van der Waals surface area contributed by atoms with Crippen LogP contribution in [0.5, 0.6) is 0 Å². The number of hydrogen-bond acceptors (Lipinski definition) is 4. The summed E-state index contributed by atoms with van der Waals surface area (Å²) in [5, 5.41) is 1.58. The van der Waals surface area contributed by atoms with Gasteiger partial charge in [0.25, 0.3) is 20.2 Å². The lowest BCUT2D eigenvalue weighted by Gasteiger charge is -2.17. The molecule has 0 aliphatic carbocycles. The molecule has 3 rings (SSSR count). The molecule has 0 fully saturated rings. The first-order valence-electron chi connectivity index (χ1n) is 8.44. The average Bonchev–Trinajstić information content (AvgIpc) is 2.73. The maximum Gasteiger partial charge on any atom is 0.294 e. The normalized spacial score (nSPS) is 16.8. The van der Waals surface area contributed by atoms with Crippen molar-refractivity contribution in [3.05, 3.63) is 35.9 Å². The Balaban J connectivity index is 2.16. The van der Waals surface area contributed by atoms with Crippen LogP contribution >= 0.6 is 0 Å². The standard InChI is InChI=1S/C18H21NO6S2/c1-12-18(2,3)17-15-11-14(27(23,24)25)7-5-13(15)6-8-16(17)19(12)9-4-10-26(20,21)22/h5-8,11H,4,9-10H2,1-3H3,(H-,20,21,22,23,24,25)/p+1. The van der Waals surface area contributed by atoms with Crippen LogP contribution in [0.1, 0.15) is 32.8 Å². The second kappa shape index (κ2) is 6.37. The summed E-state index contributed by atoms with van der Waals surface area (Å²) < 4.78 is 65.5. The van der Waals surface area contributed by atoms with Gasteiger partial charge in [-0.1, -0.05) is 6.07 Å². The summed E-state index contributed by atoms with van der Waals surface area (Å²) in [5.74, 6) is -0.326. The van der Waals surface area contributed by atoms with Crippen molar-refractivity contribution in [3.63, 3.8) is 0 Å². The number of hydrogen-bond donors (Lipinski definition) is 2. The largest absolute Gasteiger partial charge is 0.294 e. The lowest BCUT2D eigenvalue weighted by molar-refractivity contribution is -0.438. The van der Waals surface area contributed by atoms with Crippen LogP contribution in [0.4, 0.5) is 5.69 Å². The molecule has 146 valence electrons. The average molecular weight is 413 g/mol. The van der Waals surface area contributed by atoms with Gasteiger partial charge in [0.15, 0.2) is 5.71 Å². The summed E-state index contributed by atoms with van der Waals surface area (Å²) in [6.45, 7) is 6.39. The minimum atomic E-state index is -4.32. The van der Waals surface area contributed by atoms with E-state index in [2.05, 4.69) is 0 Å². The summed E-state index contributed by atoms with van der Waals surface area (Å²) in [7, 11) is -8.35. The molecule has 0 spiro atoms. The molecule has 0 radical (unpaired) electrons. The second-order valence-electron chi connectivity index (χ2n) is 7.32. The summed E-state index contributed by atoms with van der Waals surface area (Å²) >= 11 is 0. The quantitative estimate of drug-likeness (QED) is 0.577. The van der Waals surface area contributed by atoms with Gasteiger partial charge >= 0.3 is 0 Å². The Hall–Kier alpha value is -1.81. The van der Waals surface area contributed by atoms with E-state index >= 15 is 0 Å². The van der Waals surface area contributed by atoms with E-state index in [4.69, 9.17) is 4.55 Å². The lowest BCUT2D eigenvalue weighted by atomic mass is 9.80. The van der Waals surface area contributed by atoms with E-state index < -0.39 is 25.7 Å². The van der Waals surface area contributed by atoms with Gasteiger partial charge in [0.05, 0.1) is 16.1 Å². The van der Waals surface area contributed by atoms with Crippen molar-refractivity contribution in [3.8, 4) is 0 Å². The van der Waals surface area contributed by atoms with Gasteiger partial charge in [-0.05, 0) is 42.8 Å². The molecule has 1 aliphatic heterocycles. The van der Waals surface area contributed by atoms with Crippen LogP contribution in [0.15, 0.2) is 35.2 Å². The van der Waals surface area contributed by atoms with Gasteiger partial charge in [-0.2, -0.15) is 21.4 Å². The second-order valence-corrected chi connectivity index (χ2v) is 10.3. The van der Waals surface area contributed by atoms with Crippen molar-refractivity contribution in [1.82, 2.24) is 0 Å². The number of nitrogens with zero attached hydrogens (tertiary/aromatic N) is 1. The molecule has 0 amide bonds. The van der Waals surface area contributed by atoms with Crippen molar-refractivity contribution in [1.29, 1.82) is 0 Å². The van der Waals surface area contributed by atoms with Gasteiger partial charge in [0.2, 0.25) is 5.69 Å². The maximum atomic E-state index is 11.6. The molecule has 0 unspecified atom stereocenters. The van der Waals surface area contributed by atoms with Crippen LogP contribution in [0, 0.1) is 0 Å². The predicted molar refractivity (Wildman–Crippen MR) is 103 cm³/mol. The Bertz CT molecular complexity index is 1180. The molecular weight excluding hydrogens is 390 g/mol. The highest BCUT2D eigenvalue weighted by molar-refractivity contribution is 7.86. The van der Waals surface area contributed by atoms with E-state index in [0.717, 1.165) is 27.7 Å². The van der Waals surface area contributed by atoms with E-state index in [1.54, 1.807) is 6.07 Å². The third-order valence-electron chi connectivity index (χ3n) is 5.28. The third-order valence-corrected chi connectivity index (χ3v) is 6.93. The number of fused-ring (bicyclic) bond motifs is 3. The Morgan fingerprint density at radius 1 is 1.04 bits per heavy atom. The van der Waals surface area contributed by atoms with Crippen molar-refractivity contribution < 1.29 is 30.5 Å². The molecule has 0 saturated heterocycles. The zero-order valence-corrected chi connectivity index (χ0v) is 16.9. The van der Waals surface area contributed by atoms with E-state index in [9.17, 15) is 21.4 Å². The fourth-order valence-corrected chi connectivity index (χ4v) is 4.72. The van der Waals surface area contributed by atoms with Crippen molar-refractivity contribution in [2.45, 2.75) is 37.5 Å². The van der Waals surface area contributed by atoms with Gasteiger partial charge < -0.3 is 0 Å². The van der Waals surface area contributed by atoms with Crippen LogP contribution in [0.3, 0.4) is 0 Å². The monoisotopic (exact) mass is 412 g/mol. The smallest absolute Gasteiger partial charge is 0.286 e. The minimum absolute atomic E-state index is 0.165. The van der Waals surface area contributed by atoms with Crippen LogP contribution in [0.25, 0.3) is 10.8 Å². The highest BCUT2D eigenvalue weighted by Gasteiger charge is 2.44. The molecule has 0 atom stereocenters. The fraction of sp³-hybridized carbons (Fsp3) is 0.389. The molecule has 2 aromatic carbocycles. The van der Waals surface area contributed by atoms with Gasteiger partial charge in [-0.3, -0.25) is 9.11 Å². The van der Waals surface area contributed by atoms with E-state index in [1.165, 1.54) is 12.1 Å². The zero-order valence-electron chi connectivity index (χ0n) is 15.3. The maximum absolute atomic E-state index is 11.6. The molecule has 0 saturated carbocycles. The summed E-state index contributed by atoms with van der Waals surface area (Å²) in [6.07, 6.45) is 0.259. The molecule has 2 N–H and O–H groups in total. The molecular formula is C18H22NO6S2+. The highest BCUT2D eigenvalue weighted by Crippen LogP contribution is 2.44. The Kier molecular flexibility index (Phi) is 4.70. The van der Waals surface area contributed by atoms with Gasteiger partial charge in [-0.25, -0.2) is 0 Å². The Morgan fingerprint density at radius 3 is 2.26 bits per heavy atom. The van der Waals surface area contributed by atoms with Crippen LogP contribution < -0.4 is 0 Å². The molecule has 1 aliphatic rings. The van der Waals surface area contributed by atoms with Gasteiger partial charge in [0.1, 0.15) is 6.54 Å². The molecule has 0 bridgehead atoms. The summed E-state index contributed by atoms with van der Waals surface area (Å²) in [5.41, 5.74) is 2.38. The first-order valence-corrected chi connectivity index (χ1v) is 11.5. The van der Waals surface area contributed by atoms with Gasteiger partial charge in [-0.15, -0.1) is 0 Å². The molecule has 27 heavy (non-hydrogen) atoms. The Morgan fingerprint density at radius 2 is 1.67 bits per heavy atom. The van der Waals surface area contributed by atoms with Crippen molar-refractivity contribution in [2.75, 3.05) is 12.3 Å². The fourth-order valence-electron chi connectivity index (χ4n) is 3.72. The van der Waals surface area contributed by atoms with E-state index in [0.29, 0.717) is 6.54 Å². The first kappa shape index (κ1) is 19.9. The molecule has 0 aromatic heterocycles. The molecule has 7 nitrogen and oxygen atoms in total. The lowest BCUT2D eigenvalue weighted by Crippen LogP contribution is -2.27. The molecule has 9 heteroatoms. The summed E-state index contributed by atoms with van der Waals surface area (Å²) in [4.78, 5) is -0.165. The Labute approximate surface area is 158 Å². The third kappa shape index (κ3) is 3.64. The van der Waals surface area contributed by atoms with E-state index in [-0.39, 0.29) is 17.1 Å². The van der Waals surface area contributed by atoms with Crippen molar-refractivity contribution >= 4 is 42.4 Å². The summed E-state index contributed by atoms with van der Waals surface area (Å²) in [6, 6.07) is 8.29. The van der Waals surface area contributed by atoms with Crippen LogP contribution in [0.2, 0.25) is 0 Å². The van der Waals surface area contributed by atoms with Crippen molar-refractivity contribution in [2.24, 2.45) is 0 Å². The minimum Gasteiger partial charge on any atom is -0.286 e.